The maximum Gasteiger partial charge on any atom is 0.227 e. The molecule has 3 aliphatic rings. The summed E-state index contributed by atoms with van der Waals surface area (Å²) in [5.74, 6) is 2.83. The molecule has 200 valence electrons. The molecule has 37 heavy (non-hydrogen) atoms. The topological polar surface area (TPSA) is 78.8 Å². The van der Waals surface area contributed by atoms with E-state index in [0.717, 1.165) is 63.0 Å². The number of ether oxygens (including phenoxy) is 1. The molecule has 1 N–H and O–H groups in total. The van der Waals surface area contributed by atoms with Crippen molar-refractivity contribution in [1.29, 1.82) is 0 Å². The Kier molecular flexibility index (Phi) is 8.45. The van der Waals surface area contributed by atoms with Gasteiger partial charge in [0.25, 0.3) is 0 Å². The Bertz CT molecular complexity index is 1060. The lowest BCUT2D eigenvalue weighted by molar-refractivity contribution is -0.132. The van der Waals surface area contributed by atoms with Crippen molar-refractivity contribution in [2.24, 2.45) is 17.8 Å². The maximum absolute atomic E-state index is 14.7. The molecule has 0 radical (unpaired) electrons. The third-order valence-corrected chi connectivity index (χ3v) is 8.74. The highest BCUT2D eigenvalue weighted by molar-refractivity contribution is 6.30. The Morgan fingerprint density at radius 1 is 1.11 bits per heavy atom. The molecular weight excluding hydrogens is 495 g/mol. The van der Waals surface area contributed by atoms with Gasteiger partial charge >= 0.3 is 0 Å². The molecule has 2 saturated heterocycles. The quantitative estimate of drug-likeness (QED) is 0.514. The first-order valence-electron chi connectivity index (χ1n) is 13.6. The van der Waals surface area contributed by atoms with Crippen molar-refractivity contribution in [2.75, 3.05) is 37.7 Å². The van der Waals surface area contributed by atoms with Crippen LogP contribution >= 0.6 is 11.6 Å². The summed E-state index contributed by atoms with van der Waals surface area (Å²) < 4.78 is 20.6. The van der Waals surface area contributed by atoms with Crippen molar-refractivity contribution in [3.05, 3.63) is 47.0 Å². The number of halogens is 2. The van der Waals surface area contributed by atoms with Gasteiger partial charge in [0.15, 0.2) is 0 Å². The number of benzene rings is 1. The zero-order valence-electron chi connectivity index (χ0n) is 21.2. The van der Waals surface area contributed by atoms with Gasteiger partial charge in [-0.1, -0.05) is 17.7 Å². The van der Waals surface area contributed by atoms with Gasteiger partial charge in [0.2, 0.25) is 11.9 Å². The minimum Gasteiger partial charge on any atom is -0.493 e. The molecule has 2 aromatic rings. The summed E-state index contributed by atoms with van der Waals surface area (Å²) in [6, 6.07) is 4.66. The lowest BCUT2D eigenvalue weighted by atomic mass is 9.63. The third-order valence-electron chi connectivity index (χ3n) is 8.54. The Labute approximate surface area is 223 Å². The molecule has 1 amide bonds. The number of aliphatic hydroxyl groups is 1. The van der Waals surface area contributed by atoms with E-state index in [-0.39, 0.29) is 25.0 Å². The van der Waals surface area contributed by atoms with Gasteiger partial charge in [-0.15, -0.1) is 0 Å². The van der Waals surface area contributed by atoms with Gasteiger partial charge in [0.1, 0.15) is 11.6 Å². The van der Waals surface area contributed by atoms with Crippen LogP contribution in [0.25, 0.3) is 0 Å². The van der Waals surface area contributed by atoms with Crippen LogP contribution in [0.5, 0.6) is 5.75 Å². The number of carbonyl (C=O) groups excluding carboxylic acids is 1. The minimum atomic E-state index is -0.413. The summed E-state index contributed by atoms with van der Waals surface area (Å²) in [6.07, 6.45) is 10.8. The highest BCUT2D eigenvalue weighted by atomic mass is 35.5. The van der Waals surface area contributed by atoms with E-state index in [2.05, 4.69) is 14.9 Å². The van der Waals surface area contributed by atoms with Crippen LogP contribution in [0, 0.1) is 23.6 Å². The predicted octanol–water partition coefficient (Wildman–Crippen LogP) is 4.51. The van der Waals surface area contributed by atoms with Gasteiger partial charge in [0.05, 0.1) is 43.1 Å². The average molecular weight is 531 g/mol. The van der Waals surface area contributed by atoms with E-state index in [0.29, 0.717) is 35.4 Å². The van der Waals surface area contributed by atoms with Crippen LogP contribution in [0.2, 0.25) is 5.02 Å². The number of aromatic nitrogens is 2. The number of anilines is 1. The second-order valence-corrected chi connectivity index (χ2v) is 11.1. The first-order chi connectivity index (χ1) is 18.0. The van der Waals surface area contributed by atoms with E-state index in [1.54, 1.807) is 29.4 Å². The number of piperidine rings is 1. The SMILES string of the molecule is O=C(Cc1ccc(OCC[C@@H]2CCC2C2CCN(c3ncc(Cl)cn3)CC2)cc1F)N1CCCC1CO. The summed E-state index contributed by atoms with van der Waals surface area (Å²) in [5, 5.41) is 10.00. The van der Waals surface area contributed by atoms with Crippen LogP contribution in [0.15, 0.2) is 30.6 Å². The fraction of sp³-hybridized carbons (Fsp3) is 0.607. The molecule has 1 saturated carbocycles. The van der Waals surface area contributed by atoms with E-state index < -0.39 is 5.82 Å². The summed E-state index contributed by atoms with van der Waals surface area (Å²) in [7, 11) is 0. The van der Waals surface area contributed by atoms with Crippen LogP contribution in [0.3, 0.4) is 0 Å². The van der Waals surface area contributed by atoms with E-state index >= 15 is 0 Å². The van der Waals surface area contributed by atoms with Crippen molar-refractivity contribution in [1.82, 2.24) is 14.9 Å². The number of aliphatic hydroxyl groups excluding tert-OH is 1. The monoisotopic (exact) mass is 530 g/mol. The van der Waals surface area contributed by atoms with E-state index in [4.69, 9.17) is 16.3 Å². The van der Waals surface area contributed by atoms with Crippen molar-refractivity contribution >= 4 is 23.5 Å². The number of likely N-dealkylation sites (tertiary alicyclic amines) is 1. The summed E-state index contributed by atoms with van der Waals surface area (Å²) in [4.78, 5) is 25.2. The van der Waals surface area contributed by atoms with Crippen molar-refractivity contribution < 1.29 is 19.0 Å². The minimum absolute atomic E-state index is 0.00925. The van der Waals surface area contributed by atoms with Crippen LogP contribution in [0.4, 0.5) is 10.3 Å². The van der Waals surface area contributed by atoms with Crippen LogP contribution in [-0.2, 0) is 11.2 Å². The maximum atomic E-state index is 14.7. The molecule has 0 spiro atoms. The summed E-state index contributed by atoms with van der Waals surface area (Å²) in [6.45, 7) is 3.10. The number of amides is 1. The lowest BCUT2D eigenvalue weighted by Gasteiger charge is -2.45. The highest BCUT2D eigenvalue weighted by Gasteiger charge is 2.38. The summed E-state index contributed by atoms with van der Waals surface area (Å²) >= 11 is 5.91. The van der Waals surface area contributed by atoms with Crippen molar-refractivity contribution in [3.8, 4) is 5.75 Å². The van der Waals surface area contributed by atoms with Gasteiger partial charge in [-0.05, 0) is 74.3 Å². The molecule has 5 rings (SSSR count). The normalized spacial score (nSPS) is 24.2. The molecule has 1 aliphatic carbocycles. The van der Waals surface area contributed by atoms with Crippen LogP contribution < -0.4 is 9.64 Å². The second-order valence-electron chi connectivity index (χ2n) is 10.7. The number of hydrogen-bond acceptors (Lipinski definition) is 6. The van der Waals surface area contributed by atoms with E-state index in [9.17, 15) is 14.3 Å². The van der Waals surface area contributed by atoms with E-state index in [1.165, 1.54) is 18.9 Å². The van der Waals surface area contributed by atoms with Gasteiger partial charge < -0.3 is 19.6 Å². The van der Waals surface area contributed by atoms with Gasteiger partial charge in [-0.2, -0.15) is 0 Å². The smallest absolute Gasteiger partial charge is 0.227 e. The molecular formula is C28H36ClFN4O3. The number of carbonyl (C=O) groups is 1. The lowest BCUT2D eigenvalue weighted by Crippen LogP contribution is -2.42. The fourth-order valence-corrected chi connectivity index (χ4v) is 6.38. The zero-order chi connectivity index (χ0) is 25.8. The predicted molar refractivity (Wildman–Crippen MR) is 140 cm³/mol. The zero-order valence-corrected chi connectivity index (χ0v) is 22.0. The fourth-order valence-electron chi connectivity index (χ4n) is 6.28. The van der Waals surface area contributed by atoms with Crippen LogP contribution in [-0.4, -0.2) is 64.8 Å². The van der Waals surface area contributed by atoms with E-state index in [1.807, 2.05) is 0 Å². The van der Waals surface area contributed by atoms with Gasteiger partial charge in [0, 0.05) is 25.7 Å². The molecule has 3 fully saturated rings. The molecule has 3 heterocycles. The molecule has 3 atom stereocenters. The molecule has 9 heteroatoms. The van der Waals surface area contributed by atoms with Crippen molar-refractivity contribution in [3.63, 3.8) is 0 Å². The highest BCUT2D eigenvalue weighted by Crippen LogP contribution is 2.45. The Balaban J connectivity index is 1.05. The number of rotatable bonds is 9. The molecule has 1 aromatic heterocycles. The first kappa shape index (κ1) is 26.2. The Hall–Kier alpha value is -2.45. The molecule has 7 nitrogen and oxygen atoms in total. The Morgan fingerprint density at radius 2 is 1.89 bits per heavy atom. The molecule has 1 aromatic carbocycles. The Morgan fingerprint density at radius 3 is 2.57 bits per heavy atom. The number of nitrogens with zero attached hydrogens (tertiary/aromatic N) is 4. The largest absolute Gasteiger partial charge is 0.493 e. The van der Waals surface area contributed by atoms with Gasteiger partial charge in [-0.25, -0.2) is 14.4 Å². The van der Waals surface area contributed by atoms with Crippen molar-refractivity contribution in [2.45, 2.75) is 57.4 Å². The second kappa shape index (κ2) is 11.9. The third kappa shape index (κ3) is 6.17. The molecule has 2 unspecified atom stereocenters. The molecule has 0 bridgehead atoms. The standard InChI is InChI=1S/C28H36ClFN4O3/c29-22-16-31-28(32-17-22)33-11-7-20(8-12-33)25-6-4-19(25)9-13-37-24-5-3-21(26(30)15-24)14-27(36)34-10-1-2-23(34)18-35/h3,5,15-17,19-20,23,25,35H,1-2,4,6-14,18H2/t19-,23?,25?/m0/s1. The summed E-state index contributed by atoms with van der Waals surface area (Å²) in [5.41, 5.74) is 0.371. The number of hydrogen-bond donors (Lipinski definition) is 1. The average Bonchev–Trinajstić information content (AvgIpc) is 3.38. The van der Waals surface area contributed by atoms with Crippen LogP contribution in [0.1, 0.15) is 50.5 Å². The van der Waals surface area contributed by atoms with Gasteiger partial charge in [-0.3, -0.25) is 4.79 Å². The first-order valence-corrected chi connectivity index (χ1v) is 13.9. The molecule has 2 aliphatic heterocycles.